The Balaban J connectivity index is 2.35. The van der Waals surface area contributed by atoms with Gasteiger partial charge in [0.2, 0.25) is 0 Å². The fourth-order valence-corrected chi connectivity index (χ4v) is 2.27. The minimum atomic E-state index is -0.923. The fourth-order valence-electron chi connectivity index (χ4n) is 1.32. The predicted molar refractivity (Wildman–Crippen MR) is 60.5 cm³/mol. The number of benzene rings is 1. The molecule has 0 aliphatic carbocycles. The van der Waals surface area contributed by atoms with Crippen molar-refractivity contribution in [3.05, 3.63) is 24.0 Å². The molecule has 2 aromatic rings. The highest BCUT2D eigenvalue weighted by Crippen LogP contribution is 2.28. The molecular weight excluding hydrogens is 231 g/mol. The standard InChI is InChI=1S/C10H9FN2O2S/c1-13(5-9(14)15)10-12-7-3-2-6(11)4-8(7)16-10/h2-4H,5H2,1H3,(H,14,15). The molecule has 0 saturated heterocycles. The number of rotatable bonds is 3. The Morgan fingerprint density at radius 2 is 2.38 bits per heavy atom. The first kappa shape index (κ1) is 10.8. The lowest BCUT2D eigenvalue weighted by atomic mass is 10.3. The number of nitrogens with zero attached hydrogens (tertiary/aromatic N) is 2. The summed E-state index contributed by atoms with van der Waals surface area (Å²) in [5.74, 6) is -1.24. The lowest BCUT2D eigenvalue weighted by molar-refractivity contribution is -0.135. The smallest absolute Gasteiger partial charge is 0.323 e. The summed E-state index contributed by atoms with van der Waals surface area (Å²) in [4.78, 5) is 16.3. The van der Waals surface area contributed by atoms with Crippen LogP contribution in [0.25, 0.3) is 10.2 Å². The van der Waals surface area contributed by atoms with Crippen molar-refractivity contribution < 1.29 is 14.3 Å². The highest BCUT2D eigenvalue weighted by atomic mass is 32.1. The van der Waals surface area contributed by atoms with Crippen LogP contribution in [0, 0.1) is 5.82 Å². The van der Waals surface area contributed by atoms with Crippen molar-refractivity contribution in [2.24, 2.45) is 0 Å². The van der Waals surface area contributed by atoms with Crippen LogP contribution in [-0.2, 0) is 4.79 Å². The first-order chi connectivity index (χ1) is 7.56. The van der Waals surface area contributed by atoms with Crippen LogP contribution in [0.5, 0.6) is 0 Å². The molecule has 0 spiro atoms. The van der Waals surface area contributed by atoms with Gasteiger partial charge in [0.1, 0.15) is 12.4 Å². The van der Waals surface area contributed by atoms with E-state index < -0.39 is 5.97 Å². The van der Waals surface area contributed by atoms with Gasteiger partial charge in [0, 0.05) is 7.05 Å². The second-order valence-corrected chi connectivity index (χ2v) is 4.37. The maximum atomic E-state index is 12.9. The van der Waals surface area contributed by atoms with Gasteiger partial charge < -0.3 is 10.0 Å². The number of fused-ring (bicyclic) bond motifs is 1. The average molecular weight is 240 g/mol. The highest BCUT2D eigenvalue weighted by Gasteiger charge is 2.11. The molecule has 0 bridgehead atoms. The van der Waals surface area contributed by atoms with E-state index in [1.807, 2.05) is 0 Å². The number of aromatic nitrogens is 1. The number of carboxylic acids is 1. The second kappa shape index (κ2) is 4.05. The number of hydrogen-bond donors (Lipinski definition) is 1. The lowest BCUT2D eigenvalue weighted by Crippen LogP contribution is -2.24. The number of halogens is 1. The topological polar surface area (TPSA) is 53.4 Å². The zero-order chi connectivity index (χ0) is 11.7. The lowest BCUT2D eigenvalue weighted by Gasteiger charge is -2.11. The van der Waals surface area contributed by atoms with Gasteiger partial charge in [-0.2, -0.15) is 0 Å². The molecular formula is C10H9FN2O2S. The molecule has 0 unspecified atom stereocenters. The minimum absolute atomic E-state index is 0.123. The van der Waals surface area contributed by atoms with Gasteiger partial charge in [-0.15, -0.1) is 0 Å². The van der Waals surface area contributed by atoms with E-state index in [1.165, 1.54) is 28.4 Å². The Labute approximate surface area is 94.9 Å². The number of carbonyl (C=O) groups is 1. The maximum absolute atomic E-state index is 12.9. The molecule has 1 N–H and O–H groups in total. The van der Waals surface area contributed by atoms with Crippen molar-refractivity contribution in [1.29, 1.82) is 0 Å². The Morgan fingerprint density at radius 3 is 3.06 bits per heavy atom. The number of hydrogen-bond acceptors (Lipinski definition) is 4. The van der Waals surface area contributed by atoms with Crippen molar-refractivity contribution in [1.82, 2.24) is 4.98 Å². The SMILES string of the molecule is CN(CC(=O)O)c1nc2ccc(F)cc2s1. The molecule has 0 saturated carbocycles. The third-order valence-electron chi connectivity index (χ3n) is 2.04. The highest BCUT2D eigenvalue weighted by molar-refractivity contribution is 7.22. The van der Waals surface area contributed by atoms with Crippen LogP contribution in [0.4, 0.5) is 9.52 Å². The van der Waals surface area contributed by atoms with Gasteiger partial charge in [-0.25, -0.2) is 9.37 Å². The molecule has 2 rings (SSSR count). The van der Waals surface area contributed by atoms with Crippen molar-refractivity contribution in [3.63, 3.8) is 0 Å². The van der Waals surface area contributed by atoms with Crippen LogP contribution >= 0.6 is 11.3 Å². The summed E-state index contributed by atoms with van der Waals surface area (Å²) >= 11 is 1.27. The summed E-state index contributed by atoms with van der Waals surface area (Å²) in [6.07, 6.45) is 0. The molecule has 84 valence electrons. The molecule has 1 heterocycles. The van der Waals surface area contributed by atoms with Crippen molar-refractivity contribution >= 4 is 32.7 Å². The number of thiazole rings is 1. The molecule has 16 heavy (non-hydrogen) atoms. The second-order valence-electron chi connectivity index (χ2n) is 3.36. The van der Waals surface area contributed by atoms with Gasteiger partial charge >= 0.3 is 5.97 Å². The summed E-state index contributed by atoms with van der Waals surface area (Å²) in [7, 11) is 1.64. The van der Waals surface area contributed by atoms with Gasteiger partial charge in [0.05, 0.1) is 10.2 Å². The molecule has 0 aliphatic rings. The van der Waals surface area contributed by atoms with Gasteiger partial charge in [0.15, 0.2) is 5.13 Å². The van der Waals surface area contributed by atoms with E-state index in [2.05, 4.69) is 4.98 Å². The number of likely N-dealkylation sites (N-methyl/N-ethyl adjacent to an activating group) is 1. The predicted octanol–water partition coefficient (Wildman–Crippen LogP) is 1.96. The summed E-state index contributed by atoms with van der Waals surface area (Å²) in [6.45, 7) is -0.123. The maximum Gasteiger partial charge on any atom is 0.323 e. The van der Waals surface area contributed by atoms with Crippen molar-refractivity contribution in [3.8, 4) is 0 Å². The number of aliphatic carboxylic acids is 1. The van der Waals surface area contributed by atoms with Gasteiger partial charge in [-0.05, 0) is 18.2 Å². The van der Waals surface area contributed by atoms with E-state index >= 15 is 0 Å². The Morgan fingerprint density at radius 1 is 1.62 bits per heavy atom. The molecule has 1 aromatic carbocycles. The van der Waals surface area contributed by atoms with Gasteiger partial charge in [-0.1, -0.05) is 11.3 Å². The summed E-state index contributed by atoms with van der Waals surface area (Å²) in [6, 6.07) is 4.31. The Kier molecular flexibility index (Phi) is 2.74. The molecule has 1 aromatic heterocycles. The molecule has 0 aliphatic heterocycles. The van der Waals surface area contributed by atoms with Crippen LogP contribution in [0.15, 0.2) is 18.2 Å². The van der Waals surface area contributed by atoms with Crippen LogP contribution in [0.2, 0.25) is 0 Å². The van der Waals surface area contributed by atoms with Crippen LogP contribution < -0.4 is 4.90 Å². The summed E-state index contributed by atoms with van der Waals surface area (Å²) in [5.41, 5.74) is 0.679. The normalized spacial score (nSPS) is 10.6. The monoisotopic (exact) mass is 240 g/mol. The summed E-state index contributed by atoms with van der Waals surface area (Å²) in [5, 5.41) is 9.21. The molecule has 0 atom stereocenters. The molecule has 4 nitrogen and oxygen atoms in total. The molecule has 0 radical (unpaired) electrons. The number of anilines is 1. The molecule has 0 fully saturated rings. The van der Waals surface area contributed by atoms with E-state index in [9.17, 15) is 9.18 Å². The fraction of sp³-hybridized carbons (Fsp3) is 0.200. The third-order valence-corrected chi connectivity index (χ3v) is 3.17. The average Bonchev–Trinajstić information content (AvgIpc) is 2.59. The molecule has 6 heteroatoms. The quantitative estimate of drug-likeness (QED) is 0.891. The zero-order valence-corrected chi connectivity index (χ0v) is 9.29. The van der Waals surface area contributed by atoms with Crippen LogP contribution in [-0.4, -0.2) is 29.7 Å². The van der Waals surface area contributed by atoms with Crippen LogP contribution in [0.3, 0.4) is 0 Å². The van der Waals surface area contributed by atoms with Crippen LogP contribution in [0.1, 0.15) is 0 Å². The third kappa shape index (κ3) is 2.11. The first-order valence-electron chi connectivity index (χ1n) is 4.55. The van der Waals surface area contributed by atoms with Gasteiger partial charge in [0.25, 0.3) is 0 Å². The van der Waals surface area contributed by atoms with E-state index in [0.717, 1.165) is 0 Å². The first-order valence-corrected chi connectivity index (χ1v) is 5.37. The zero-order valence-electron chi connectivity index (χ0n) is 8.48. The van der Waals surface area contributed by atoms with Crippen molar-refractivity contribution in [2.45, 2.75) is 0 Å². The van der Waals surface area contributed by atoms with E-state index in [0.29, 0.717) is 15.3 Å². The Hall–Kier alpha value is -1.69. The van der Waals surface area contributed by atoms with Crippen molar-refractivity contribution in [2.75, 3.05) is 18.5 Å². The van der Waals surface area contributed by atoms with E-state index in [4.69, 9.17) is 5.11 Å². The molecule has 0 amide bonds. The minimum Gasteiger partial charge on any atom is -0.480 e. The summed E-state index contributed by atoms with van der Waals surface area (Å²) < 4.78 is 13.6. The van der Waals surface area contributed by atoms with E-state index in [-0.39, 0.29) is 12.4 Å². The van der Waals surface area contributed by atoms with Gasteiger partial charge in [-0.3, -0.25) is 4.79 Å². The Bertz CT molecular complexity index is 541. The number of carboxylic acid groups (broad SMARTS) is 1. The largest absolute Gasteiger partial charge is 0.480 e. The van der Waals surface area contributed by atoms with E-state index in [1.54, 1.807) is 13.1 Å².